The van der Waals surface area contributed by atoms with E-state index in [1.807, 2.05) is 38.1 Å². The Labute approximate surface area is 114 Å². The van der Waals surface area contributed by atoms with E-state index in [0.717, 1.165) is 11.3 Å². The number of hydrogen-bond donors (Lipinski definition) is 2. The number of nitrogens with one attached hydrogen (secondary N) is 1. The van der Waals surface area contributed by atoms with Crippen LogP contribution in [0.1, 0.15) is 19.4 Å². The summed E-state index contributed by atoms with van der Waals surface area (Å²) in [4.78, 5) is 11.0. The third-order valence-electron chi connectivity index (χ3n) is 2.64. The van der Waals surface area contributed by atoms with Gasteiger partial charge in [0.25, 0.3) is 0 Å². The second-order valence-corrected chi connectivity index (χ2v) is 4.25. The van der Waals surface area contributed by atoms with Crippen molar-refractivity contribution in [2.24, 2.45) is 5.92 Å². The molecule has 1 aromatic rings. The lowest BCUT2D eigenvalue weighted by molar-refractivity contribution is -0.140. The molecule has 0 bridgehead atoms. The Balaban J connectivity index is 0.00000289. The molecule has 0 saturated carbocycles. The quantitative estimate of drug-likeness (QED) is 0.835. The average Bonchev–Trinajstić information content (AvgIpc) is 2.29. The molecule has 0 aliphatic rings. The van der Waals surface area contributed by atoms with Crippen LogP contribution in [0.4, 0.5) is 0 Å². The summed E-state index contributed by atoms with van der Waals surface area (Å²) in [5.74, 6) is -0.00926. The van der Waals surface area contributed by atoms with E-state index in [2.05, 4.69) is 5.32 Å². The Morgan fingerprint density at radius 2 is 2.00 bits per heavy atom. The maximum atomic E-state index is 11.0. The van der Waals surface area contributed by atoms with Gasteiger partial charge in [0.15, 0.2) is 0 Å². The first kappa shape index (κ1) is 16.7. The molecule has 5 heteroatoms. The Bertz CT molecular complexity index is 382. The highest BCUT2D eigenvalue weighted by molar-refractivity contribution is 5.85. The second-order valence-electron chi connectivity index (χ2n) is 4.25. The van der Waals surface area contributed by atoms with Gasteiger partial charge in [0.05, 0.1) is 7.11 Å². The molecule has 0 aliphatic carbocycles. The fraction of sp³-hybridized carbons (Fsp3) is 0.462. The fourth-order valence-electron chi connectivity index (χ4n) is 1.68. The summed E-state index contributed by atoms with van der Waals surface area (Å²) in [5, 5.41) is 12.1. The molecule has 2 N–H and O–H groups in total. The number of aliphatic carboxylic acids is 1. The number of hydrogen-bond acceptors (Lipinski definition) is 3. The van der Waals surface area contributed by atoms with Crippen LogP contribution in [-0.2, 0) is 11.3 Å². The van der Waals surface area contributed by atoms with Crippen LogP contribution < -0.4 is 10.1 Å². The third-order valence-corrected chi connectivity index (χ3v) is 2.64. The molecule has 102 valence electrons. The minimum atomic E-state index is -0.824. The lowest BCUT2D eigenvalue weighted by Crippen LogP contribution is -2.40. The van der Waals surface area contributed by atoms with E-state index in [1.54, 1.807) is 7.11 Å². The van der Waals surface area contributed by atoms with Gasteiger partial charge in [0.1, 0.15) is 11.8 Å². The van der Waals surface area contributed by atoms with Crippen molar-refractivity contribution in [2.75, 3.05) is 7.11 Å². The molecule has 0 heterocycles. The molecule has 0 aliphatic heterocycles. The topological polar surface area (TPSA) is 58.6 Å². The average molecular weight is 274 g/mol. The molecule has 1 unspecified atom stereocenters. The zero-order valence-corrected chi connectivity index (χ0v) is 11.7. The van der Waals surface area contributed by atoms with Crippen molar-refractivity contribution in [1.29, 1.82) is 0 Å². The van der Waals surface area contributed by atoms with Crippen LogP contribution in [-0.4, -0.2) is 24.2 Å². The smallest absolute Gasteiger partial charge is 0.320 e. The summed E-state index contributed by atoms with van der Waals surface area (Å²) in [6, 6.07) is 7.04. The lowest BCUT2D eigenvalue weighted by Gasteiger charge is -2.18. The first-order chi connectivity index (χ1) is 8.06. The minimum absolute atomic E-state index is 0. The van der Waals surface area contributed by atoms with Gasteiger partial charge in [0, 0.05) is 12.1 Å². The van der Waals surface area contributed by atoms with Gasteiger partial charge in [-0.05, 0) is 12.0 Å². The van der Waals surface area contributed by atoms with E-state index in [1.165, 1.54) is 0 Å². The number of methoxy groups -OCH3 is 1. The van der Waals surface area contributed by atoms with Gasteiger partial charge in [-0.3, -0.25) is 10.1 Å². The van der Waals surface area contributed by atoms with E-state index in [0.29, 0.717) is 6.54 Å². The van der Waals surface area contributed by atoms with E-state index < -0.39 is 12.0 Å². The summed E-state index contributed by atoms with van der Waals surface area (Å²) in [6.07, 6.45) is 0. The standard InChI is InChI=1S/C13H19NO3.ClH/c1-9(2)12(13(15)16)14-8-10-6-4-5-7-11(10)17-3;/h4-7,9,12,14H,8H2,1-3H3,(H,15,16);1H. The molecule has 1 rings (SSSR count). The number of carboxylic acids is 1. The first-order valence-corrected chi connectivity index (χ1v) is 5.64. The second kappa shape index (κ2) is 7.95. The van der Waals surface area contributed by atoms with Gasteiger partial charge < -0.3 is 9.84 Å². The molecule has 4 nitrogen and oxygen atoms in total. The van der Waals surface area contributed by atoms with Crippen LogP contribution in [0.15, 0.2) is 24.3 Å². The van der Waals surface area contributed by atoms with Crippen molar-refractivity contribution >= 4 is 18.4 Å². The molecule has 0 saturated heterocycles. The van der Waals surface area contributed by atoms with Crippen LogP contribution in [0, 0.1) is 5.92 Å². The molecule has 0 fully saturated rings. The van der Waals surface area contributed by atoms with Crippen molar-refractivity contribution in [1.82, 2.24) is 5.32 Å². The molecular formula is C13H20ClNO3. The Morgan fingerprint density at radius 3 is 2.50 bits per heavy atom. The van der Waals surface area contributed by atoms with Crippen LogP contribution in [0.2, 0.25) is 0 Å². The molecule has 0 amide bonds. The summed E-state index contributed by atoms with van der Waals surface area (Å²) in [6.45, 7) is 4.25. The van der Waals surface area contributed by atoms with Crippen LogP contribution >= 0.6 is 12.4 Å². The summed E-state index contributed by atoms with van der Waals surface area (Å²) < 4.78 is 5.21. The van der Waals surface area contributed by atoms with Crippen molar-refractivity contribution in [3.63, 3.8) is 0 Å². The van der Waals surface area contributed by atoms with Gasteiger partial charge in [0.2, 0.25) is 0 Å². The molecule has 0 radical (unpaired) electrons. The normalized spacial score (nSPS) is 11.8. The minimum Gasteiger partial charge on any atom is -0.496 e. The summed E-state index contributed by atoms with van der Waals surface area (Å²) >= 11 is 0. The zero-order chi connectivity index (χ0) is 12.8. The van der Waals surface area contributed by atoms with Crippen molar-refractivity contribution < 1.29 is 14.6 Å². The number of rotatable bonds is 6. The van der Waals surface area contributed by atoms with Gasteiger partial charge in [-0.1, -0.05) is 32.0 Å². The Morgan fingerprint density at radius 1 is 1.39 bits per heavy atom. The van der Waals surface area contributed by atoms with E-state index in [4.69, 9.17) is 9.84 Å². The van der Waals surface area contributed by atoms with E-state index >= 15 is 0 Å². The van der Waals surface area contributed by atoms with E-state index in [9.17, 15) is 4.79 Å². The third kappa shape index (κ3) is 4.55. The van der Waals surface area contributed by atoms with Gasteiger partial charge in [-0.2, -0.15) is 0 Å². The van der Waals surface area contributed by atoms with Crippen LogP contribution in [0.25, 0.3) is 0 Å². The summed E-state index contributed by atoms with van der Waals surface area (Å²) in [7, 11) is 1.61. The molecule has 0 spiro atoms. The fourth-order valence-corrected chi connectivity index (χ4v) is 1.68. The van der Waals surface area contributed by atoms with Gasteiger partial charge >= 0.3 is 5.97 Å². The predicted octanol–water partition coefficient (Wildman–Crippen LogP) is 2.32. The monoisotopic (exact) mass is 273 g/mol. The SMILES string of the molecule is COc1ccccc1CNC(C(=O)O)C(C)C.Cl. The zero-order valence-electron chi connectivity index (χ0n) is 10.8. The maximum Gasteiger partial charge on any atom is 0.320 e. The summed E-state index contributed by atoms with van der Waals surface area (Å²) in [5.41, 5.74) is 0.960. The van der Waals surface area contributed by atoms with Gasteiger partial charge in [-0.25, -0.2) is 0 Å². The van der Waals surface area contributed by atoms with Crippen molar-refractivity contribution in [3.05, 3.63) is 29.8 Å². The molecule has 1 atom stereocenters. The number of para-hydroxylation sites is 1. The van der Waals surface area contributed by atoms with Crippen molar-refractivity contribution in [2.45, 2.75) is 26.4 Å². The van der Waals surface area contributed by atoms with Crippen LogP contribution in [0.5, 0.6) is 5.75 Å². The number of halogens is 1. The van der Waals surface area contributed by atoms with Gasteiger partial charge in [-0.15, -0.1) is 12.4 Å². The molecule has 0 aromatic heterocycles. The first-order valence-electron chi connectivity index (χ1n) is 5.64. The molecular weight excluding hydrogens is 254 g/mol. The Kier molecular flexibility index (Phi) is 7.39. The highest BCUT2D eigenvalue weighted by atomic mass is 35.5. The largest absolute Gasteiger partial charge is 0.496 e. The number of benzene rings is 1. The van der Waals surface area contributed by atoms with Crippen LogP contribution in [0.3, 0.4) is 0 Å². The Hall–Kier alpha value is -1.26. The number of carboxylic acid groups (broad SMARTS) is 1. The molecule has 1 aromatic carbocycles. The highest BCUT2D eigenvalue weighted by Crippen LogP contribution is 2.17. The predicted molar refractivity (Wildman–Crippen MR) is 73.3 cm³/mol. The van der Waals surface area contributed by atoms with E-state index in [-0.39, 0.29) is 18.3 Å². The highest BCUT2D eigenvalue weighted by Gasteiger charge is 2.20. The number of carbonyl (C=O) groups is 1. The molecule has 18 heavy (non-hydrogen) atoms. The maximum absolute atomic E-state index is 11.0. The lowest BCUT2D eigenvalue weighted by atomic mass is 10.0. The number of ether oxygens (including phenoxy) is 1. The van der Waals surface area contributed by atoms with Crippen molar-refractivity contribution in [3.8, 4) is 5.75 Å².